The van der Waals surface area contributed by atoms with Crippen LogP contribution in [0.4, 0.5) is 0 Å². The molecule has 94 valence electrons. The Balaban J connectivity index is 1.94. The second-order valence-corrected chi connectivity index (χ2v) is 5.16. The smallest absolute Gasteiger partial charge is 0.270 e. The van der Waals surface area contributed by atoms with Crippen LogP contribution in [0.1, 0.15) is 35.2 Å². The minimum Gasteiger partial charge on any atom is -0.299 e. The molecule has 0 spiro atoms. The van der Waals surface area contributed by atoms with Crippen LogP contribution in [0.3, 0.4) is 0 Å². The van der Waals surface area contributed by atoms with E-state index in [1.165, 1.54) is 17.5 Å². The predicted molar refractivity (Wildman–Crippen MR) is 72.0 cm³/mol. The molecule has 0 atom stereocenters. The Labute approximate surface area is 106 Å². The lowest BCUT2D eigenvalue weighted by Crippen LogP contribution is -2.20. The molecule has 3 nitrogen and oxygen atoms in total. The quantitative estimate of drug-likeness (QED) is 0.862. The molecule has 0 amide bonds. The van der Waals surface area contributed by atoms with E-state index in [1.807, 2.05) is 6.07 Å². The highest BCUT2D eigenvalue weighted by Crippen LogP contribution is 2.16. The Kier molecular flexibility index (Phi) is 2.82. The first-order chi connectivity index (χ1) is 8.74. The summed E-state index contributed by atoms with van der Waals surface area (Å²) in [5.41, 5.74) is 4.74. The first-order valence-electron chi connectivity index (χ1n) is 6.60. The van der Waals surface area contributed by atoms with Crippen molar-refractivity contribution in [1.29, 1.82) is 0 Å². The van der Waals surface area contributed by atoms with E-state index in [0.717, 1.165) is 30.5 Å². The van der Waals surface area contributed by atoms with Gasteiger partial charge in [0.15, 0.2) is 0 Å². The SMILES string of the molecule is Cc1cccc(Cn2[nH]c3c(c2=O)CCCC3)c1. The van der Waals surface area contributed by atoms with Crippen LogP contribution < -0.4 is 5.56 Å². The summed E-state index contributed by atoms with van der Waals surface area (Å²) in [6, 6.07) is 8.32. The Morgan fingerprint density at radius 1 is 1.28 bits per heavy atom. The molecule has 0 aliphatic heterocycles. The molecular formula is C15H18N2O. The minimum absolute atomic E-state index is 0.172. The number of benzene rings is 1. The molecular weight excluding hydrogens is 224 g/mol. The highest BCUT2D eigenvalue weighted by Gasteiger charge is 2.17. The summed E-state index contributed by atoms with van der Waals surface area (Å²) >= 11 is 0. The number of hydrogen-bond acceptors (Lipinski definition) is 1. The third kappa shape index (κ3) is 2.01. The summed E-state index contributed by atoms with van der Waals surface area (Å²) < 4.78 is 1.75. The summed E-state index contributed by atoms with van der Waals surface area (Å²) in [4.78, 5) is 12.2. The van der Waals surface area contributed by atoms with Gasteiger partial charge in [-0.25, -0.2) is 4.68 Å². The maximum absolute atomic E-state index is 12.2. The van der Waals surface area contributed by atoms with E-state index in [4.69, 9.17) is 0 Å². The largest absolute Gasteiger partial charge is 0.299 e. The molecule has 0 radical (unpaired) electrons. The predicted octanol–water partition coefficient (Wildman–Crippen LogP) is 2.41. The van der Waals surface area contributed by atoms with Crippen molar-refractivity contribution in [2.45, 2.75) is 39.2 Å². The molecule has 1 heterocycles. The van der Waals surface area contributed by atoms with Gasteiger partial charge in [-0.2, -0.15) is 0 Å². The van der Waals surface area contributed by atoms with E-state index in [1.54, 1.807) is 4.68 Å². The van der Waals surface area contributed by atoms with E-state index < -0.39 is 0 Å². The average Bonchev–Trinajstić information content (AvgIpc) is 2.67. The number of nitrogens with one attached hydrogen (secondary N) is 1. The normalized spacial score (nSPS) is 14.5. The maximum Gasteiger partial charge on any atom is 0.270 e. The molecule has 0 fully saturated rings. The second kappa shape index (κ2) is 4.48. The number of nitrogens with zero attached hydrogens (tertiary/aromatic N) is 1. The van der Waals surface area contributed by atoms with Crippen LogP contribution in [0.25, 0.3) is 0 Å². The average molecular weight is 242 g/mol. The Morgan fingerprint density at radius 3 is 2.89 bits per heavy atom. The van der Waals surface area contributed by atoms with Crippen molar-refractivity contribution in [3.8, 4) is 0 Å². The van der Waals surface area contributed by atoms with E-state index in [2.05, 4.69) is 30.2 Å². The van der Waals surface area contributed by atoms with Gasteiger partial charge in [0.2, 0.25) is 0 Å². The molecule has 18 heavy (non-hydrogen) atoms. The van der Waals surface area contributed by atoms with Gasteiger partial charge in [-0.1, -0.05) is 29.8 Å². The fourth-order valence-corrected chi connectivity index (χ4v) is 2.75. The molecule has 1 aliphatic carbocycles. The zero-order valence-electron chi connectivity index (χ0n) is 10.7. The van der Waals surface area contributed by atoms with Gasteiger partial charge in [0.05, 0.1) is 6.54 Å². The molecule has 2 aromatic rings. The molecule has 0 saturated heterocycles. The number of aromatic amines is 1. The van der Waals surface area contributed by atoms with Gasteiger partial charge in [-0.3, -0.25) is 9.89 Å². The van der Waals surface area contributed by atoms with Crippen LogP contribution in [-0.2, 0) is 19.4 Å². The molecule has 0 unspecified atom stereocenters. The fraction of sp³-hybridized carbons (Fsp3) is 0.400. The number of aryl methyl sites for hydroxylation is 2. The van der Waals surface area contributed by atoms with Crippen molar-refractivity contribution < 1.29 is 0 Å². The minimum atomic E-state index is 0.172. The van der Waals surface area contributed by atoms with Crippen molar-refractivity contribution in [3.63, 3.8) is 0 Å². The van der Waals surface area contributed by atoms with Gasteiger partial charge in [-0.15, -0.1) is 0 Å². The summed E-state index contributed by atoms with van der Waals surface area (Å²) in [5.74, 6) is 0. The maximum atomic E-state index is 12.2. The number of rotatable bonds is 2. The van der Waals surface area contributed by atoms with E-state index in [9.17, 15) is 4.79 Å². The van der Waals surface area contributed by atoms with Gasteiger partial charge < -0.3 is 0 Å². The first-order valence-corrected chi connectivity index (χ1v) is 6.60. The van der Waals surface area contributed by atoms with Crippen molar-refractivity contribution >= 4 is 0 Å². The van der Waals surface area contributed by atoms with Gasteiger partial charge in [-0.05, 0) is 38.2 Å². The van der Waals surface area contributed by atoms with Crippen LogP contribution in [0.2, 0.25) is 0 Å². The lowest BCUT2D eigenvalue weighted by atomic mass is 9.98. The topological polar surface area (TPSA) is 37.8 Å². The molecule has 0 saturated carbocycles. The Morgan fingerprint density at radius 2 is 2.11 bits per heavy atom. The number of aromatic nitrogens is 2. The lowest BCUT2D eigenvalue weighted by molar-refractivity contribution is 0.639. The van der Waals surface area contributed by atoms with Gasteiger partial charge in [0.1, 0.15) is 0 Å². The summed E-state index contributed by atoms with van der Waals surface area (Å²) in [7, 11) is 0. The van der Waals surface area contributed by atoms with Gasteiger partial charge in [0, 0.05) is 11.3 Å². The molecule has 1 aromatic carbocycles. The van der Waals surface area contributed by atoms with Crippen molar-refractivity contribution in [3.05, 3.63) is 57.0 Å². The molecule has 1 aromatic heterocycles. The van der Waals surface area contributed by atoms with E-state index >= 15 is 0 Å². The van der Waals surface area contributed by atoms with E-state index in [0.29, 0.717) is 6.54 Å². The Bertz CT molecular complexity index is 622. The molecule has 3 rings (SSSR count). The van der Waals surface area contributed by atoms with E-state index in [-0.39, 0.29) is 5.56 Å². The van der Waals surface area contributed by atoms with Gasteiger partial charge >= 0.3 is 0 Å². The Hall–Kier alpha value is -1.77. The second-order valence-electron chi connectivity index (χ2n) is 5.16. The standard InChI is InChI=1S/C15H18N2O/c1-11-5-4-6-12(9-11)10-17-15(18)13-7-2-3-8-14(13)16-17/h4-6,9,16H,2-3,7-8,10H2,1H3. The third-order valence-corrected chi connectivity index (χ3v) is 3.66. The summed E-state index contributed by atoms with van der Waals surface area (Å²) in [6.07, 6.45) is 4.29. The monoisotopic (exact) mass is 242 g/mol. The lowest BCUT2D eigenvalue weighted by Gasteiger charge is -2.07. The van der Waals surface area contributed by atoms with Crippen LogP contribution in [0.15, 0.2) is 29.1 Å². The highest BCUT2D eigenvalue weighted by atomic mass is 16.1. The third-order valence-electron chi connectivity index (χ3n) is 3.66. The van der Waals surface area contributed by atoms with Crippen LogP contribution in [0.5, 0.6) is 0 Å². The molecule has 0 bridgehead atoms. The van der Waals surface area contributed by atoms with Crippen LogP contribution in [0, 0.1) is 6.92 Å². The zero-order chi connectivity index (χ0) is 12.5. The molecule has 1 aliphatic rings. The fourth-order valence-electron chi connectivity index (χ4n) is 2.75. The summed E-state index contributed by atoms with van der Waals surface area (Å²) in [6.45, 7) is 2.72. The molecule has 1 N–H and O–H groups in total. The van der Waals surface area contributed by atoms with Crippen LogP contribution in [-0.4, -0.2) is 9.78 Å². The summed E-state index contributed by atoms with van der Waals surface area (Å²) in [5, 5.41) is 3.27. The first kappa shape index (κ1) is 11.3. The van der Waals surface area contributed by atoms with Crippen molar-refractivity contribution in [2.24, 2.45) is 0 Å². The number of hydrogen-bond donors (Lipinski definition) is 1. The van der Waals surface area contributed by atoms with Gasteiger partial charge in [0.25, 0.3) is 5.56 Å². The molecule has 3 heteroatoms. The zero-order valence-corrected chi connectivity index (χ0v) is 10.7. The van der Waals surface area contributed by atoms with Crippen molar-refractivity contribution in [2.75, 3.05) is 0 Å². The van der Waals surface area contributed by atoms with Crippen molar-refractivity contribution in [1.82, 2.24) is 9.78 Å². The highest BCUT2D eigenvalue weighted by molar-refractivity contribution is 5.24. The number of fused-ring (bicyclic) bond motifs is 1. The van der Waals surface area contributed by atoms with Crippen LogP contribution >= 0.6 is 0 Å². The number of H-pyrrole nitrogens is 1.